The van der Waals surface area contributed by atoms with Crippen molar-refractivity contribution in [2.24, 2.45) is 0 Å². The fraction of sp³-hybridized carbons (Fsp3) is 0.647. The van der Waals surface area contributed by atoms with Crippen LogP contribution in [0.15, 0.2) is 4.79 Å². The van der Waals surface area contributed by atoms with E-state index in [1.165, 1.54) is 0 Å². The molecule has 0 aromatic carbocycles. The van der Waals surface area contributed by atoms with Crippen LogP contribution in [0.5, 0.6) is 0 Å². The Morgan fingerprint density at radius 3 is 2.62 bits per heavy atom. The minimum Gasteiger partial charge on any atom is -0.388 e. The Balaban J connectivity index is 2.01. The first-order valence-corrected chi connectivity index (χ1v) is 11.8. The monoisotopic (exact) mass is 382 g/mol. The molecule has 0 bridgehead atoms. The number of hydrogen-bond donors (Lipinski definition) is 3. The number of nitrogens with one attached hydrogen (secondary N) is 1. The second kappa shape index (κ2) is 6.93. The Labute approximate surface area is 152 Å². The third-order valence-electron chi connectivity index (χ3n) is 4.67. The number of rotatable bonds is 5. The Hall–Kier alpha value is -1.47. The number of aryl methyl sites for hydroxylation is 2. The van der Waals surface area contributed by atoms with Crippen molar-refractivity contribution in [3.05, 3.63) is 22.0 Å². The van der Waals surface area contributed by atoms with Crippen LogP contribution in [0.4, 0.5) is 0 Å². The predicted octanol–water partition coefficient (Wildman–Crippen LogP) is 0.709. The van der Waals surface area contributed by atoms with E-state index < -0.39 is 31.4 Å². The summed E-state index contributed by atoms with van der Waals surface area (Å²) in [7, 11) is 0. The van der Waals surface area contributed by atoms with Gasteiger partial charge in [-0.3, -0.25) is 9.36 Å². The highest BCUT2D eigenvalue weighted by Gasteiger charge is 2.44. The summed E-state index contributed by atoms with van der Waals surface area (Å²) in [4.78, 5) is 23.6. The molecular weight excluding hydrogens is 355 g/mol. The lowest BCUT2D eigenvalue weighted by atomic mass is 10.1. The van der Waals surface area contributed by atoms with Gasteiger partial charge in [-0.05, 0) is 32.8 Å². The van der Waals surface area contributed by atoms with Crippen molar-refractivity contribution in [1.29, 1.82) is 0 Å². The molecule has 2 aromatic rings. The summed E-state index contributed by atoms with van der Waals surface area (Å²) < 4.78 is 7.67. The van der Waals surface area contributed by atoms with Gasteiger partial charge < -0.3 is 19.9 Å². The van der Waals surface area contributed by atoms with Gasteiger partial charge in [0.15, 0.2) is 17.4 Å². The van der Waals surface area contributed by atoms with Crippen molar-refractivity contribution in [1.82, 2.24) is 19.5 Å². The van der Waals surface area contributed by atoms with Crippen LogP contribution >= 0.6 is 6.89 Å². The maximum absolute atomic E-state index is 12.2. The van der Waals surface area contributed by atoms with Gasteiger partial charge in [-0.25, -0.2) is 9.97 Å². The molecule has 3 rings (SSSR count). The number of fused-ring (bicyclic) bond motifs is 1. The van der Waals surface area contributed by atoms with Gasteiger partial charge in [-0.1, -0.05) is 6.92 Å². The number of aliphatic hydroxyl groups excluding tert-OH is 2. The van der Waals surface area contributed by atoms with E-state index in [1.807, 2.05) is 6.92 Å². The van der Waals surface area contributed by atoms with Crippen LogP contribution < -0.4 is 5.56 Å². The normalized spacial score (nSPS) is 26.7. The summed E-state index contributed by atoms with van der Waals surface area (Å²) in [5.74, 6) is 1.05. The van der Waals surface area contributed by atoms with E-state index in [9.17, 15) is 15.0 Å². The molecule has 3 heterocycles. The summed E-state index contributed by atoms with van der Waals surface area (Å²) in [6.45, 7) is 6.58. The summed E-state index contributed by atoms with van der Waals surface area (Å²) in [6, 6.07) is 0. The Kier molecular flexibility index (Phi) is 5.14. The minimum absolute atomic E-state index is 0.214. The number of imidazole rings is 1. The smallest absolute Gasteiger partial charge is 0.279 e. The molecule has 144 valence electrons. The maximum atomic E-state index is 12.2. The topological polar surface area (TPSA) is 113 Å². The number of hydrogen-bond acceptors (Lipinski definition) is 6. The lowest BCUT2D eigenvalue weighted by Crippen LogP contribution is -2.32. The zero-order valence-electron chi connectivity index (χ0n) is 15.6. The largest absolute Gasteiger partial charge is 0.388 e. The summed E-state index contributed by atoms with van der Waals surface area (Å²) in [5, 5.41) is 21.1. The zero-order chi connectivity index (χ0) is 19.2. The first-order chi connectivity index (χ1) is 12.1. The van der Waals surface area contributed by atoms with E-state index in [0.717, 1.165) is 6.16 Å². The fourth-order valence-electron chi connectivity index (χ4n) is 3.31. The lowest BCUT2D eigenvalue weighted by Gasteiger charge is -2.19. The zero-order valence-corrected chi connectivity index (χ0v) is 16.5. The van der Waals surface area contributed by atoms with Gasteiger partial charge in [0.05, 0.1) is 6.10 Å². The van der Waals surface area contributed by atoms with Crippen molar-refractivity contribution >= 4 is 24.3 Å². The third-order valence-corrected chi connectivity index (χ3v) is 6.14. The lowest BCUT2D eigenvalue weighted by molar-refractivity contribution is -0.0367. The van der Waals surface area contributed by atoms with Crippen molar-refractivity contribution in [2.75, 3.05) is 19.5 Å². The first-order valence-electron chi connectivity index (χ1n) is 8.79. The van der Waals surface area contributed by atoms with E-state index in [0.29, 0.717) is 30.1 Å². The molecule has 1 aliphatic heterocycles. The molecule has 1 saturated heterocycles. The van der Waals surface area contributed by atoms with Crippen LogP contribution in [0.1, 0.15) is 31.2 Å². The fourth-order valence-corrected chi connectivity index (χ4v) is 4.27. The van der Waals surface area contributed by atoms with Crippen molar-refractivity contribution in [2.45, 2.75) is 51.2 Å². The average molecular weight is 382 g/mol. The van der Waals surface area contributed by atoms with Gasteiger partial charge in [0.2, 0.25) is 0 Å². The molecule has 1 fully saturated rings. The standard InChI is InChI=1S/C17H27N4O4P/c1-6-11-20-12-15(18-9(2)19-16(12)24)21(11)17-14(23)13(22)10(25-17)7-8-26(3,4)5/h10,13-14,17,22-23H,3,6-8H2,1-2,4-5H3,(H,18,19,24)/t10?,13-,14-,17-/m1/s1. The second-order valence-electron chi connectivity index (χ2n) is 7.57. The van der Waals surface area contributed by atoms with Crippen molar-refractivity contribution < 1.29 is 14.9 Å². The molecule has 9 heteroatoms. The Morgan fingerprint density at radius 2 is 2.00 bits per heavy atom. The van der Waals surface area contributed by atoms with E-state index >= 15 is 0 Å². The molecule has 0 saturated carbocycles. The van der Waals surface area contributed by atoms with Crippen LogP contribution in [0.25, 0.3) is 11.2 Å². The molecule has 8 nitrogen and oxygen atoms in total. The Morgan fingerprint density at radius 1 is 1.31 bits per heavy atom. The van der Waals surface area contributed by atoms with Gasteiger partial charge in [-0.15, -0.1) is 13.2 Å². The van der Waals surface area contributed by atoms with Crippen molar-refractivity contribution in [3.63, 3.8) is 0 Å². The molecular formula is C17H27N4O4P. The van der Waals surface area contributed by atoms with E-state index in [2.05, 4.69) is 34.6 Å². The average Bonchev–Trinajstić information content (AvgIpc) is 3.04. The highest BCUT2D eigenvalue weighted by atomic mass is 31.2. The number of nitrogens with zero attached hydrogens (tertiary/aromatic N) is 3. The number of ether oxygens (including phenoxy) is 1. The number of aromatic amines is 1. The van der Waals surface area contributed by atoms with E-state index in [4.69, 9.17) is 4.74 Å². The molecule has 3 N–H and O–H groups in total. The first kappa shape index (κ1) is 19.3. The molecule has 4 atom stereocenters. The van der Waals surface area contributed by atoms with Crippen LogP contribution in [-0.2, 0) is 11.2 Å². The highest BCUT2D eigenvalue weighted by molar-refractivity contribution is 7.72. The number of aliphatic hydroxyl groups is 2. The van der Waals surface area contributed by atoms with Crippen LogP contribution in [0.3, 0.4) is 0 Å². The molecule has 1 unspecified atom stereocenters. The highest BCUT2D eigenvalue weighted by Crippen LogP contribution is 2.40. The van der Waals surface area contributed by atoms with Gasteiger partial charge in [0.1, 0.15) is 23.9 Å². The van der Waals surface area contributed by atoms with Gasteiger partial charge in [0, 0.05) is 6.42 Å². The Bertz CT molecular complexity index is 915. The van der Waals surface area contributed by atoms with Crippen molar-refractivity contribution in [3.8, 4) is 0 Å². The quantitative estimate of drug-likeness (QED) is 0.657. The van der Waals surface area contributed by atoms with E-state index in [-0.39, 0.29) is 11.1 Å². The molecule has 1 aliphatic rings. The molecule has 0 amide bonds. The third kappa shape index (κ3) is 3.51. The molecule has 0 aliphatic carbocycles. The molecule has 2 aromatic heterocycles. The predicted molar refractivity (Wildman–Crippen MR) is 104 cm³/mol. The van der Waals surface area contributed by atoms with Crippen LogP contribution in [-0.4, -0.2) is 73.8 Å². The minimum atomic E-state index is -1.26. The molecule has 0 radical (unpaired) electrons. The second-order valence-corrected chi connectivity index (χ2v) is 11.9. The maximum Gasteiger partial charge on any atom is 0.279 e. The molecule has 26 heavy (non-hydrogen) atoms. The van der Waals surface area contributed by atoms with E-state index in [1.54, 1.807) is 11.5 Å². The van der Waals surface area contributed by atoms with Gasteiger partial charge in [-0.2, -0.15) is 0 Å². The molecule has 0 spiro atoms. The summed E-state index contributed by atoms with van der Waals surface area (Å²) >= 11 is 0. The summed E-state index contributed by atoms with van der Waals surface area (Å²) in [5.41, 5.74) is 0.255. The summed E-state index contributed by atoms with van der Waals surface area (Å²) in [6.07, 6.45) is 2.78. The number of aromatic nitrogens is 4. The van der Waals surface area contributed by atoms with Gasteiger partial charge >= 0.3 is 0 Å². The number of H-pyrrole nitrogens is 1. The van der Waals surface area contributed by atoms with Crippen LogP contribution in [0, 0.1) is 6.92 Å². The van der Waals surface area contributed by atoms with Gasteiger partial charge in [0.25, 0.3) is 5.56 Å². The SMILES string of the molecule is C=P(C)(C)CCC1O[C@@H](n2c(CC)nc3c(=O)[nH]c(C)nc32)[C@H](O)[C@@H]1O. The van der Waals surface area contributed by atoms with Crippen LogP contribution in [0.2, 0.25) is 0 Å².